The second-order valence-electron chi connectivity index (χ2n) is 4.21. The molecular formula is C14H11ClN4OS. The van der Waals surface area contributed by atoms with Crippen molar-refractivity contribution in [2.24, 2.45) is 0 Å². The van der Waals surface area contributed by atoms with Gasteiger partial charge in [0.25, 0.3) is 0 Å². The van der Waals surface area contributed by atoms with E-state index in [0.717, 1.165) is 4.90 Å². The molecule has 2 N–H and O–H groups in total. The van der Waals surface area contributed by atoms with Crippen molar-refractivity contribution in [2.45, 2.75) is 10.6 Å². The Hall–Kier alpha value is -2.05. The van der Waals surface area contributed by atoms with Crippen molar-refractivity contribution < 1.29 is 4.52 Å². The standard InChI is InChI=1S/C14H11ClN4OS/c15-10-7-9(16)4-5-12(10)21-8-13-18-14(19-20-13)11-3-1-2-6-17-11/h1-7H,8,16H2. The minimum absolute atomic E-state index is 0.481. The molecule has 0 aliphatic rings. The first-order valence-electron chi connectivity index (χ1n) is 6.14. The molecule has 106 valence electrons. The molecule has 0 saturated heterocycles. The van der Waals surface area contributed by atoms with Gasteiger partial charge in [0.2, 0.25) is 11.7 Å². The fraction of sp³-hybridized carbons (Fsp3) is 0.0714. The summed E-state index contributed by atoms with van der Waals surface area (Å²) in [6.45, 7) is 0. The lowest BCUT2D eigenvalue weighted by Crippen LogP contribution is -1.87. The van der Waals surface area contributed by atoms with Gasteiger partial charge in [0.1, 0.15) is 5.69 Å². The molecule has 0 spiro atoms. The topological polar surface area (TPSA) is 77.8 Å². The summed E-state index contributed by atoms with van der Waals surface area (Å²) in [6.07, 6.45) is 1.69. The Balaban J connectivity index is 1.70. The first-order valence-corrected chi connectivity index (χ1v) is 7.50. The maximum Gasteiger partial charge on any atom is 0.237 e. The Labute approximate surface area is 130 Å². The third-order valence-electron chi connectivity index (χ3n) is 2.67. The zero-order valence-electron chi connectivity index (χ0n) is 10.9. The lowest BCUT2D eigenvalue weighted by molar-refractivity contribution is 0.391. The first kappa shape index (κ1) is 13.9. The molecule has 3 aromatic rings. The number of rotatable bonds is 4. The highest BCUT2D eigenvalue weighted by Crippen LogP contribution is 2.31. The number of nitrogens with zero attached hydrogens (tertiary/aromatic N) is 3. The molecule has 5 nitrogen and oxygen atoms in total. The third-order valence-corrected chi connectivity index (χ3v) is 4.15. The van der Waals surface area contributed by atoms with Crippen LogP contribution in [0.4, 0.5) is 5.69 Å². The molecule has 0 aliphatic carbocycles. The Morgan fingerprint density at radius 2 is 2.14 bits per heavy atom. The number of hydrogen-bond acceptors (Lipinski definition) is 6. The number of nitrogen functional groups attached to an aromatic ring is 1. The number of hydrogen-bond donors (Lipinski definition) is 1. The van der Waals surface area contributed by atoms with Gasteiger partial charge >= 0.3 is 0 Å². The molecule has 0 amide bonds. The van der Waals surface area contributed by atoms with Crippen LogP contribution in [-0.4, -0.2) is 15.1 Å². The number of thioether (sulfide) groups is 1. The number of halogens is 1. The molecule has 3 rings (SSSR count). The lowest BCUT2D eigenvalue weighted by Gasteiger charge is -2.02. The van der Waals surface area contributed by atoms with E-state index >= 15 is 0 Å². The minimum Gasteiger partial charge on any atom is -0.399 e. The molecule has 2 heterocycles. The predicted octanol–water partition coefficient (Wildman–Crippen LogP) is 3.66. The highest BCUT2D eigenvalue weighted by atomic mass is 35.5. The van der Waals surface area contributed by atoms with Gasteiger partial charge in [-0.05, 0) is 30.3 Å². The van der Waals surface area contributed by atoms with E-state index in [9.17, 15) is 0 Å². The first-order chi connectivity index (χ1) is 10.2. The number of pyridine rings is 1. The van der Waals surface area contributed by atoms with Gasteiger partial charge in [-0.1, -0.05) is 22.8 Å². The maximum absolute atomic E-state index is 6.12. The van der Waals surface area contributed by atoms with Gasteiger partial charge in [0, 0.05) is 16.8 Å². The molecule has 0 saturated carbocycles. The van der Waals surface area contributed by atoms with Crippen molar-refractivity contribution in [3.63, 3.8) is 0 Å². The van der Waals surface area contributed by atoms with Crippen molar-refractivity contribution in [3.8, 4) is 11.5 Å². The van der Waals surface area contributed by atoms with Gasteiger partial charge in [-0.25, -0.2) is 0 Å². The molecule has 0 radical (unpaired) electrons. The zero-order chi connectivity index (χ0) is 14.7. The van der Waals surface area contributed by atoms with Crippen molar-refractivity contribution in [3.05, 3.63) is 53.5 Å². The molecule has 0 atom stereocenters. The summed E-state index contributed by atoms with van der Waals surface area (Å²) in [7, 11) is 0. The van der Waals surface area contributed by atoms with Gasteiger partial charge in [-0.2, -0.15) is 4.98 Å². The van der Waals surface area contributed by atoms with Gasteiger partial charge in [0.05, 0.1) is 10.8 Å². The van der Waals surface area contributed by atoms with Gasteiger partial charge in [0.15, 0.2) is 0 Å². The van der Waals surface area contributed by atoms with Crippen molar-refractivity contribution in [1.82, 2.24) is 15.1 Å². The molecule has 0 bridgehead atoms. The van der Waals surface area contributed by atoms with E-state index in [4.69, 9.17) is 21.9 Å². The Morgan fingerprint density at radius 1 is 1.24 bits per heavy atom. The largest absolute Gasteiger partial charge is 0.399 e. The van der Waals surface area contributed by atoms with Crippen molar-refractivity contribution >= 4 is 29.1 Å². The molecule has 0 fully saturated rings. The summed E-state index contributed by atoms with van der Waals surface area (Å²) in [5.74, 6) is 1.53. The van der Waals surface area contributed by atoms with Crippen LogP contribution in [0.5, 0.6) is 0 Å². The Morgan fingerprint density at radius 3 is 2.90 bits per heavy atom. The Bertz CT molecular complexity index is 748. The van der Waals surface area contributed by atoms with E-state index in [2.05, 4.69) is 15.1 Å². The summed E-state index contributed by atoms with van der Waals surface area (Å²) in [6, 6.07) is 10.9. The normalized spacial score (nSPS) is 10.7. The van der Waals surface area contributed by atoms with E-state index in [0.29, 0.717) is 33.9 Å². The van der Waals surface area contributed by atoms with Crippen LogP contribution in [0.15, 0.2) is 52.0 Å². The van der Waals surface area contributed by atoms with Crippen LogP contribution in [-0.2, 0) is 5.75 Å². The number of nitrogens with two attached hydrogens (primary N) is 1. The molecular weight excluding hydrogens is 308 g/mol. The van der Waals surface area contributed by atoms with Crippen molar-refractivity contribution in [2.75, 3.05) is 5.73 Å². The fourth-order valence-corrected chi connectivity index (χ4v) is 2.80. The molecule has 21 heavy (non-hydrogen) atoms. The fourth-order valence-electron chi connectivity index (χ4n) is 1.69. The smallest absolute Gasteiger partial charge is 0.237 e. The summed E-state index contributed by atoms with van der Waals surface area (Å²) >= 11 is 7.63. The van der Waals surface area contributed by atoms with Gasteiger partial charge < -0.3 is 10.3 Å². The van der Waals surface area contributed by atoms with Crippen LogP contribution in [0.2, 0.25) is 5.02 Å². The van der Waals surface area contributed by atoms with E-state index < -0.39 is 0 Å². The van der Waals surface area contributed by atoms with Crippen LogP contribution in [0.3, 0.4) is 0 Å². The van der Waals surface area contributed by atoms with E-state index in [1.165, 1.54) is 11.8 Å². The molecule has 1 aromatic carbocycles. The summed E-state index contributed by atoms with van der Waals surface area (Å²) in [4.78, 5) is 9.41. The van der Waals surface area contributed by atoms with E-state index in [-0.39, 0.29) is 0 Å². The van der Waals surface area contributed by atoms with E-state index in [1.54, 1.807) is 18.3 Å². The van der Waals surface area contributed by atoms with E-state index in [1.807, 2.05) is 24.3 Å². The Kier molecular flexibility index (Phi) is 4.08. The van der Waals surface area contributed by atoms with Crippen LogP contribution in [0.25, 0.3) is 11.5 Å². The monoisotopic (exact) mass is 318 g/mol. The number of anilines is 1. The van der Waals surface area contributed by atoms with Crippen LogP contribution in [0, 0.1) is 0 Å². The average molecular weight is 319 g/mol. The van der Waals surface area contributed by atoms with Gasteiger partial charge in [-0.15, -0.1) is 11.8 Å². The number of benzene rings is 1. The molecule has 0 unspecified atom stereocenters. The number of aromatic nitrogens is 3. The highest BCUT2D eigenvalue weighted by molar-refractivity contribution is 7.98. The molecule has 0 aliphatic heterocycles. The van der Waals surface area contributed by atoms with Crippen LogP contribution in [0.1, 0.15) is 5.89 Å². The highest BCUT2D eigenvalue weighted by Gasteiger charge is 2.10. The lowest BCUT2D eigenvalue weighted by atomic mass is 10.3. The van der Waals surface area contributed by atoms with Crippen LogP contribution < -0.4 is 5.73 Å². The summed E-state index contributed by atoms with van der Waals surface area (Å²) in [5.41, 5.74) is 6.98. The second kappa shape index (κ2) is 6.15. The minimum atomic E-state index is 0.481. The second-order valence-corrected chi connectivity index (χ2v) is 5.63. The predicted molar refractivity (Wildman–Crippen MR) is 83.0 cm³/mol. The third kappa shape index (κ3) is 3.34. The zero-order valence-corrected chi connectivity index (χ0v) is 12.4. The molecule has 2 aromatic heterocycles. The maximum atomic E-state index is 6.12. The van der Waals surface area contributed by atoms with Gasteiger partial charge in [-0.3, -0.25) is 4.98 Å². The SMILES string of the molecule is Nc1ccc(SCc2nc(-c3ccccn3)no2)c(Cl)c1. The van der Waals surface area contributed by atoms with Crippen molar-refractivity contribution in [1.29, 1.82) is 0 Å². The summed E-state index contributed by atoms with van der Waals surface area (Å²) in [5, 5.41) is 4.54. The summed E-state index contributed by atoms with van der Waals surface area (Å²) < 4.78 is 5.21. The van der Waals surface area contributed by atoms with Crippen LogP contribution >= 0.6 is 23.4 Å². The molecule has 7 heteroatoms. The average Bonchev–Trinajstić information content (AvgIpc) is 2.96. The quantitative estimate of drug-likeness (QED) is 0.584.